The summed E-state index contributed by atoms with van der Waals surface area (Å²) in [6.45, 7) is 3.66. The first-order valence-electron chi connectivity index (χ1n) is 8.74. The summed E-state index contributed by atoms with van der Waals surface area (Å²) in [5, 5.41) is 2.05. The van der Waals surface area contributed by atoms with Gasteiger partial charge < -0.3 is 19.5 Å². The predicted molar refractivity (Wildman–Crippen MR) is 98.6 cm³/mol. The summed E-state index contributed by atoms with van der Waals surface area (Å²) in [7, 11) is 1.41. The van der Waals surface area contributed by atoms with Crippen molar-refractivity contribution in [2.45, 2.75) is 26.4 Å². The standard InChI is InChI=1S/C20H20F3NO5/c1-4-9-28-15-8-5-12(10-16(15)27-3)20(26)29-11(2)19(25)24-14-7-6-13(21)17(22)18(14)23/h5-8,10-11H,4,9H2,1-3H3,(H,24,25)/t11-/m0/s1. The maximum atomic E-state index is 13.7. The molecular weight excluding hydrogens is 391 g/mol. The molecule has 0 bridgehead atoms. The zero-order valence-electron chi connectivity index (χ0n) is 16.1. The van der Waals surface area contributed by atoms with Crippen LogP contribution in [-0.2, 0) is 9.53 Å². The number of carbonyl (C=O) groups is 2. The Morgan fingerprint density at radius 2 is 1.79 bits per heavy atom. The van der Waals surface area contributed by atoms with Gasteiger partial charge in [-0.3, -0.25) is 4.79 Å². The molecule has 2 rings (SSSR count). The topological polar surface area (TPSA) is 73.9 Å². The molecule has 0 saturated carbocycles. The smallest absolute Gasteiger partial charge is 0.339 e. The Bertz CT molecular complexity index is 904. The van der Waals surface area contributed by atoms with E-state index in [2.05, 4.69) is 0 Å². The molecule has 0 aliphatic heterocycles. The third-order valence-corrected chi connectivity index (χ3v) is 3.81. The molecule has 0 aliphatic rings. The van der Waals surface area contributed by atoms with E-state index >= 15 is 0 Å². The van der Waals surface area contributed by atoms with Gasteiger partial charge in [0.15, 0.2) is 35.1 Å². The van der Waals surface area contributed by atoms with Crippen molar-refractivity contribution in [3.8, 4) is 11.5 Å². The molecule has 29 heavy (non-hydrogen) atoms. The average Bonchev–Trinajstić information content (AvgIpc) is 2.72. The Morgan fingerprint density at radius 3 is 2.45 bits per heavy atom. The number of anilines is 1. The largest absolute Gasteiger partial charge is 0.493 e. The van der Waals surface area contributed by atoms with E-state index in [0.717, 1.165) is 12.5 Å². The van der Waals surface area contributed by atoms with Gasteiger partial charge >= 0.3 is 5.97 Å². The predicted octanol–water partition coefficient (Wildman–Crippen LogP) is 4.09. The molecule has 0 heterocycles. The van der Waals surface area contributed by atoms with Crippen LogP contribution in [0.2, 0.25) is 0 Å². The van der Waals surface area contributed by atoms with Gasteiger partial charge in [-0.1, -0.05) is 6.92 Å². The lowest BCUT2D eigenvalue weighted by Gasteiger charge is -2.15. The Kier molecular flexibility index (Phi) is 7.46. The second-order valence-electron chi connectivity index (χ2n) is 5.97. The van der Waals surface area contributed by atoms with Crippen molar-refractivity contribution < 1.29 is 37.0 Å². The van der Waals surface area contributed by atoms with E-state index in [1.54, 1.807) is 0 Å². The van der Waals surface area contributed by atoms with Crippen molar-refractivity contribution in [2.24, 2.45) is 0 Å². The highest BCUT2D eigenvalue weighted by atomic mass is 19.2. The summed E-state index contributed by atoms with van der Waals surface area (Å²) in [5.41, 5.74) is -0.472. The van der Waals surface area contributed by atoms with Crippen LogP contribution in [0, 0.1) is 17.5 Å². The van der Waals surface area contributed by atoms with E-state index in [0.29, 0.717) is 24.2 Å². The van der Waals surface area contributed by atoms with Gasteiger partial charge in [0.1, 0.15) is 0 Å². The van der Waals surface area contributed by atoms with Crippen molar-refractivity contribution in [2.75, 3.05) is 19.0 Å². The number of esters is 1. The second-order valence-corrected chi connectivity index (χ2v) is 5.97. The van der Waals surface area contributed by atoms with Crippen LogP contribution in [0.5, 0.6) is 11.5 Å². The third kappa shape index (κ3) is 5.40. The van der Waals surface area contributed by atoms with Gasteiger partial charge in [-0.25, -0.2) is 18.0 Å². The lowest BCUT2D eigenvalue weighted by Crippen LogP contribution is -2.30. The fourth-order valence-corrected chi connectivity index (χ4v) is 2.26. The van der Waals surface area contributed by atoms with Gasteiger partial charge in [-0.15, -0.1) is 0 Å². The van der Waals surface area contributed by atoms with Gasteiger partial charge in [-0.2, -0.15) is 0 Å². The summed E-state index contributed by atoms with van der Waals surface area (Å²) in [6.07, 6.45) is -0.546. The number of amides is 1. The van der Waals surface area contributed by atoms with Crippen LogP contribution >= 0.6 is 0 Å². The molecule has 0 unspecified atom stereocenters. The van der Waals surface area contributed by atoms with E-state index in [1.165, 1.54) is 32.2 Å². The minimum atomic E-state index is -1.72. The fraction of sp³-hybridized carbons (Fsp3) is 0.300. The number of methoxy groups -OCH3 is 1. The normalized spacial score (nSPS) is 11.5. The van der Waals surface area contributed by atoms with Gasteiger partial charge in [0, 0.05) is 0 Å². The molecule has 2 aromatic rings. The van der Waals surface area contributed by atoms with Crippen LogP contribution in [0.1, 0.15) is 30.6 Å². The maximum Gasteiger partial charge on any atom is 0.339 e. The molecule has 9 heteroatoms. The number of nitrogens with one attached hydrogen (secondary N) is 1. The van der Waals surface area contributed by atoms with Crippen molar-refractivity contribution in [1.82, 2.24) is 0 Å². The number of carbonyl (C=O) groups excluding carboxylic acids is 2. The van der Waals surface area contributed by atoms with Crippen LogP contribution in [0.4, 0.5) is 18.9 Å². The molecule has 1 atom stereocenters. The molecule has 0 aliphatic carbocycles. The van der Waals surface area contributed by atoms with Gasteiger partial charge in [-0.05, 0) is 43.7 Å². The Labute approximate surface area is 165 Å². The highest BCUT2D eigenvalue weighted by Crippen LogP contribution is 2.28. The average molecular weight is 411 g/mol. The molecule has 0 aromatic heterocycles. The summed E-state index contributed by atoms with van der Waals surface area (Å²) in [4.78, 5) is 24.4. The fourth-order valence-electron chi connectivity index (χ4n) is 2.26. The maximum absolute atomic E-state index is 13.7. The minimum absolute atomic E-state index is 0.101. The van der Waals surface area contributed by atoms with Gasteiger partial charge in [0.25, 0.3) is 5.91 Å². The minimum Gasteiger partial charge on any atom is -0.493 e. The highest BCUT2D eigenvalue weighted by molar-refractivity contribution is 5.97. The van der Waals surface area contributed by atoms with Crippen LogP contribution < -0.4 is 14.8 Å². The first-order chi connectivity index (χ1) is 13.8. The molecule has 1 N–H and O–H groups in total. The van der Waals surface area contributed by atoms with Crippen LogP contribution in [0.3, 0.4) is 0 Å². The molecular formula is C20H20F3NO5. The van der Waals surface area contributed by atoms with Crippen molar-refractivity contribution >= 4 is 17.6 Å². The first kappa shape index (κ1) is 22.1. The lowest BCUT2D eigenvalue weighted by molar-refractivity contribution is -0.123. The van der Waals surface area contributed by atoms with E-state index in [1.807, 2.05) is 12.2 Å². The van der Waals surface area contributed by atoms with Gasteiger partial charge in [0.2, 0.25) is 0 Å². The number of benzene rings is 2. The summed E-state index contributed by atoms with van der Waals surface area (Å²) in [5.74, 6) is -5.65. The first-order valence-corrected chi connectivity index (χ1v) is 8.74. The highest BCUT2D eigenvalue weighted by Gasteiger charge is 2.22. The number of halogens is 3. The number of rotatable bonds is 8. The Balaban J connectivity index is 2.06. The lowest BCUT2D eigenvalue weighted by atomic mass is 10.2. The van der Waals surface area contributed by atoms with E-state index in [4.69, 9.17) is 14.2 Å². The third-order valence-electron chi connectivity index (χ3n) is 3.81. The molecule has 0 radical (unpaired) electrons. The van der Waals surface area contributed by atoms with Crippen molar-refractivity contribution in [1.29, 1.82) is 0 Å². The molecule has 1 amide bonds. The molecule has 0 saturated heterocycles. The molecule has 6 nitrogen and oxygen atoms in total. The SMILES string of the molecule is CCCOc1ccc(C(=O)O[C@@H](C)C(=O)Nc2ccc(F)c(F)c2F)cc1OC. The zero-order valence-corrected chi connectivity index (χ0v) is 16.1. The number of hydrogen-bond acceptors (Lipinski definition) is 5. The number of ether oxygens (including phenoxy) is 3. The Hall–Kier alpha value is -3.23. The molecule has 156 valence electrons. The van der Waals surface area contributed by atoms with Crippen LogP contribution in [0.15, 0.2) is 30.3 Å². The van der Waals surface area contributed by atoms with Crippen LogP contribution in [-0.4, -0.2) is 31.7 Å². The monoisotopic (exact) mass is 411 g/mol. The molecule has 0 spiro atoms. The van der Waals surface area contributed by atoms with Crippen molar-refractivity contribution in [3.05, 3.63) is 53.3 Å². The van der Waals surface area contributed by atoms with Gasteiger partial charge in [0.05, 0.1) is 25.0 Å². The Morgan fingerprint density at radius 1 is 1.07 bits per heavy atom. The summed E-state index contributed by atoms with van der Waals surface area (Å²) >= 11 is 0. The van der Waals surface area contributed by atoms with Crippen molar-refractivity contribution in [3.63, 3.8) is 0 Å². The molecule has 2 aromatic carbocycles. The number of hydrogen-bond donors (Lipinski definition) is 1. The van der Waals surface area contributed by atoms with E-state index in [9.17, 15) is 22.8 Å². The quantitative estimate of drug-likeness (QED) is 0.523. The molecule has 0 fully saturated rings. The van der Waals surface area contributed by atoms with E-state index in [-0.39, 0.29) is 5.56 Å². The van der Waals surface area contributed by atoms with Crippen LogP contribution in [0.25, 0.3) is 0 Å². The zero-order chi connectivity index (χ0) is 21.6. The summed E-state index contributed by atoms with van der Waals surface area (Å²) in [6, 6.07) is 5.90. The van der Waals surface area contributed by atoms with E-state index < -0.39 is 41.1 Å². The second kappa shape index (κ2) is 9.81. The summed E-state index contributed by atoms with van der Waals surface area (Å²) < 4.78 is 55.6.